The fourth-order valence-electron chi connectivity index (χ4n) is 5.45. The van der Waals surface area contributed by atoms with E-state index in [2.05, 4.69) is 11.0 Å². The fourth-order valence-corrected chi connectivity index (χ4v) is 5.45. The molecule has 4 unspecified atom stereocenters. The zero-order valence-electron chi connectivity index (χ0n) is 15.4. The normalized spacial score (nSPS) is 30.7. The van der Waals surface area contributed by atoms with Gasteiger partial charge in [-0.2, -0.15) is 0 Å². The van der Waals surface area contributed by atoms with Crippen molar-refractivity contribution < 1.29 is 14.3 Å². The predicted molar refractivity (Wildman–Crippen MR) is 96.8 cm³/mol. The Kier molecular flexibility index (Phi) is 4.61. The summed E-state index contributed by atoms with van der Waals surface area (Å²) in [5, 5.41) is 0. The lowest BCUT2D eigenvalue weighted by Gasteiger charge is -2.29. The molecule has 4 atom stereocenters. The second-order valence-corrected chi connectivity index (χ2v) is 7.99. The van der Waals surface area contributed by atoms with Gasteiger partial charge in [-0.1, -0.05) is 6.42 Å². The van der Waals surface area contributed by atoms with E-state index in [4.69, 9.17) is 9.47 Å². The molecule has 0 aromatic heterocycles. The molecule has 1 saturated heterocycles. The number of carbonyl (C=O) groups excluding carboxylic acids is 1. The van der Waals surface area contributed by atoms with Crippen LogP contribution in [0, 0.1) is 17.8 Å². The zero-order valence-corrected chi connectivity index (χ0v) is 15.4. The van der Waals surface area contributed by atoms with Crippen LogP contribution in [0.5, 0.6) is 11.5 Å². The first kappa shape index (κ1) is 16.7. The summed E-state index contributed by atoms with van der Waals surface area (Å²) in [6.45, 7) is 0.875. The minimum Gasteiger partial charge on any atom is -0.497 e. The Bertz CT molecular complexity index is 644. The number of carbonyl (C=O) groups is 1. The monoisotopic (exact) mass is 343 g/mol. The Morgan fingerprint density at radius 1 is 1.16 bits per heavy atom. The highest BCUT2D eigenvalue weighted by molar-refractivity contribution is 5.77. The first-order valence-electron chi connectivity index (χ1n) is 9.71. The average molecular weight is 343 g/mol. The second-order valence-electron chi connectivity index (χ2n) is 7.99. The molecular weight excluding hydrogens is 314 g/mol. The number of fused-ring (bicyclic) bond motifs is 2. The summed E-state index contributed by atoms with van der Waals surface area (Å²) in [4.78, 5) is 15.2. The van der Waals surface area contributed by atoms with Crippen LogP contribution in [0.2, 0.25) is 0 Å². The molecule has 0 spiro atoms. The van der Waals surface area contributed by atoms with E-state index in [0.29, 0.717) is 11.8 Å². The third kappa shape index (κ3) is 3.11. The minimum atomic E-state index is 0.145. The standard InChI is InChI=1S/C21H29NO3/c1-24-17-7-8-18(20(13-17)25-2)19-4-3-9-22(19)21(23)12-16-11-14-5-6-15(16)10-14/h7-8,13-16,19H,3-6,9-12H2,1-2H3. The van der Waals surface area contributed by atoms with E-state index in [9.17, 15) is 4.79 Å². The number of likely N-dealkylation sites (tertiary alicyclic amines) is 1. The number of nitrogens with zero attached hydrogens (tertiary/aromatic N) is 1. The van der Waals surface area contributed by atoms with Gasteiger partial charge in [0.25, 0.3) is 0 Å². The van der Waals surface area contributed by atoms with Gasteiger partial charge in [-0.25, -0.2) is 0 Å². The van der Waals surface area contributed by atoms with Gasteiger partial charge in [-0.3, -0.25) is 4.79 Å². The number of hydrogen-bond acceptors (Lipinski definition) is 3. The van der Waals surface area contributed by atoms with E-state index in [1.165, 1.54) is 25.7 Å². The van der Waals surface area contributed by atoms with Crippen LogP contribution in [0.15, 0.2) is 18.2 Å². The number of benzene rings is 1. The summed E-state index contributed by atoms with van der Waals surface area (Å²) in [6, 6.07) is 6.10. The van der Waals surface area contributed by atoms with E-state index in [1.54, 1.807) is 14.2 Å². The SMILES string of the molecule is COc1ccc(C2CCCN2C(=O)CC2CC3CCC2C3)c(OC)c1. The Morgan fingerprint density at radius 2 is 2.04 bits per heavy atom. The van der Waals surface area contributed by atoms with Gasteiger partial charge >= 0.3 is 0 Å². The molecule has 136 valence electrons. The van der Waals surface area contributed by atoms with Crippen molar-refractivity contribution in [3.63, 3.8) is 0 Å². The Labute approximate surface area is 150 Å². The Balaban J connectivity index is 1.49. The van der Waals surface area contributed by atoms with Crippen LogP contribution in [0.3, 0.4) is 0 Å². The first-order valence-corrected chi connectivity index (χ1v) is 9.71. The van der Waals surface area contributed by atoms with Crippen LogP contribution in [0.4, 0.5) is 0 Å². The van der Waals surface area contributed by atoms with Crippen LogP contribution in [0.1, 0.15) is 56.6 Å². The number of rotatable bonds is 5. The van der Waals surface area contributed by atoms with Crippen molar-refractivity contribution in [2.75, 3.05) is 20.8 Å². The maximum atomic E-state index is 13.0. The van der Waals surface area contributed by atoms with Gasteiger partial charge < -0.3 is 14.4 Å². The van der Waals surface area contributed by atoms with Crippen LogP contribution >= 0.6 is 0 Å². The highest BCUT2D eigenvalue weighted by Gasteiger charge is 2.42. The lowest BCUT2D eigenvalue weighted by Crippen LogP contribution is -2.33. The van der Waals surface area contributed by atoms with Crippen LogP contribution in [-0.2, 0) is 4.79 Å². The van der Waals surface area contributed by atoms with Crippen molar-refractivity contribution in [2.24, 2.45) is 17.8 Å². The molecule has 3 aliphatic rings. The Morgan fingerprint density at radius 3 is 2.72 bits per heavy atom. The summed E-state index contributed by atoms with van der Waals surface area (Å²) in [5.41, 5.74) is 1.11. The van der Waals surface area contributed by atoms with E-state index in [-0.39, 0.29) is 6.04 Å². The molecule has 25 heavy (non-hydrogen) atoms. The van der Waals surface area contributed by atoms with Gasteiger partial charge in [0, 0.05) is 24.6 Å². The van der Waals surface area contributed by atoms with Gasteiger partial charge in [-0.15, -0.1) is 0 Å². The lowest BCUT2D eigenvalue weighted by molar-refractivity contribution is -0.133. The van der Waals surface area contributed by atoms with Gasteiger partial charge in [0.05, 0.1) is 20.3 Å². The molecule has 2 bridgehead atoms. The lowest BCUT2D eigenvalue weighted by atomic mass is 9.86. The van der Waals surface area contributed by atoms with Gasteiger partial charge in [0.2, 0.25) is 5.91 Å². The topological polar surface area (TPSA) is 38.8 Å². The fraction of sp³-hybridized carbons (Fsp3) is 0.667. The predicted octanol–water partition coefficient (Wildman–Crippen LogP) is 4.19. The molecular formula is C21H29NO3. The summed E-state index contributed by atoms with van der Waals surface area (Å²) < 4.78 is 10.9. The van der Waals surface area contributed by atoms with Crippen molar-refractivity contribution in [1.29, 1.82) is 0 Å². The molecule has 1 aliphatic heterocycles. The molecule has 1 amide bonds. The van der Waals surface area contributed by atoms with Crippen molar-refractivity contribution >= 4 is 5.91 Å². The molecule has 4 rings (SSSR count). The number of amides is 1. The van der Waals surface area contributed by atoms with E-state index >= 15 is 0 Å². The molecule has 4 heteroatoms. The average Bonchev–Trinajstić information content (AvgIpc) is 3.37. The van der Waals surface area contributed by atoms with Crippen molar-refractivity contribution in [3.05, 3.63) is 23.8 Å². The summed E-state index contributed by atoms with van der Waals surface area (Å²) in [7, 11) is 3.35. The molecule has 1 heterocycles. The minimum absolute atomic E-state index is 0.145. The molecule has 3 fully saturated rings. The van der Waals surface area contributed by atoms with Crippen LogP contribution in [0.25, 0.3) is 0 Å². The first-order chi connectivity index (χ1) is 12.2. The zero-order chi connectivity index (χ0) is 17.4. The molecule has 0 radical (unpaired) electrons. The largest absolute Gasteiger partial charge is 0.497 e. The third-order valence-corrected chi connectivity index (χ3v) is 6.69. The van der Waals surface area contributed by atoms with Gasteiger partial charge in [0.1, 0.15) is 11.5 Å². The van der Waals surface area contributed by atoms with Gasteiger partial charge in [-0.05, 0) is 62.0 Å². The van der Waals surface area contributed by atoms with E-state index in [1.807, 2.05) is 12.1 Å². The maximum absolute atomic E-state index is 13.0. The van der Waals surface area contributed by atoms with Crippen molar-refractivity contribution in [3.8, 4) is 11.5 Å². The third-order valence-electron chi connectivity index (χ3n) is 6.69. The molecule has 2 aliphatic carbocycles. The van der Waals surface area contributed by atoms with Crippen LogP contribution < -0.4 is 9.47 Å². The highest BCUT2D eigenvalue weighted by Crippen LogP contribution is 2.50. The quantitative estimate of drug-likeness (QED) is 0.804. The highest BCUT2D eigenvalue weighted by atomic mass is 16.5. The second kappa shape index (κ2) is 6.89. The van der Waals surface area contributed by atoms with Crippen LogP contribution in [-0.4, -0.2) is 31.6 Å². The van der Waals surface area contributed by atoms with E-state index < -0.39 is 0 Å². The number of ether oxygens (including phenoxy) is 2. The maximum Gasteiger partial charge on any atom is 0.223 e. The molecule has 1 aromatic carbocycles. The van der Waals surface area contributed by atoms with Crippen molar-refractivity contribution in [1.82, 2.24) is 4.90 Å². The number of methoxy groups -OCH3 is 2. The van der Waals surface area contributed by atoms with Crippen molar-refractivity contribution in [2.45, 2.75) is 51.0 Å². The smallest absolute Gasteiger partial charge is 0.223 e. The molecule has 0 N–H and O–H groups in total. The van der Waals surface area contributed by atoms with E-state index in [0.717, 1.165) is 54.7 Å². The Hall–Kier alpha value is -1.71. The summed E-state index contributed by atoms with van der Waals surface area (Å²) in [6.07, 6.45) is 8.22. The summed E-state index contributed by atoms with van der Waals surface area (Å²) >= 11 is 0. The molecule has 4 nitrogen and oxygen atoms in total. The van der Waals surface area contributed by atoms with Gasteiger partial charge in [0.15, 0.2) is 0 Å². The number of hydrogen-bond donors (Lipinski definition) is 0. The summed E-state index contributed by atoms with van der Waals surface area (Å²) in [5.74, 6) is 4.30. The molecule has 1 aromatic rings. The molecule has 2 saturated carbocycles.